The van der Waals surface area contributed by atoms with E-state index in [1.165, 1.54) is 0 Å². The quantitative estimate of drug-likeness (QED) is 0.768. The van der Waals surface area contributed by atoms with Gasteiger partial charge in [0.2, 0.25) is 0 Å². The molecule has 1 amide bonds. The lowest BCUT2D eigenvalue weighted by atomic mass is 10.2. The monoisotopic (exact) mass is 291 g/mol. The third kappa shape index (κ3) is 3.80. The molecule has 21 heavy (non-hydrogen) atoms. The minimum absolute atomic E-state index is 0.150. The van der Waals surface area contributed by atoms with Crippen LogP contribution in [0.1, 0.15) is 19.4 Å². The molecule has 0 spiro atoms. The van der Waals surface area contributed by atoms with Gasteiger partial charge in [0.1, 0.15) is 6.54 Å². The summed E-state index contributed by atoms with van der Waals surface area (Å²) >= 11 is 0. The SMILES string of the molecule is CCOC1(OCC)CN=C(NCc2ccccc2)NC1=O. The van der Waals surface area contributed by atoms with Crippen molar-refractivity contribution in [2.75, 3.05) is 19.8 Å². The standard InChI is InChI=1S/C15H21N3O3/c1-3-20-15(21-4-2)11-17-14(18-13(15)19)16-10-12-8-6-5-7-9-12/h5-9H,3-4,10-11H2,1-2H3,(H2,16,17,18,19). The number of nitrogens with one attached hydrogen (secondary N) is 2. The van der Waals surface area contributed by atoms with Crippen molar-refractivity contribution in [2.45, 2.75) is 26.2 Å². The molecule has 1 aromatic rings. The number of hydrogen-bond acceptors (Lipinski definition) is 5. The van der Waals surface area contributed by atoms with Gasteiger partial charge in [-0.25, -0.2) is 4.99 Å². The minimum atomic E-state index is -1.30. The van der Waals surface area contributed by atoms with Crippen molar-refractivity contribution in [1.82, 2.24) is 10.6 Å². The van der Waals surface area contributed by atoms with Gasteiger partial charge in [0.15, 0.2) is 5.96 Å². The Kier molecular flexibility index (Phi) is 5.30. The first-order valence-corrected chi connectivity index (χ1v) is 7.12. The Labute approximate surface area is 124 Å². The van der Waals surface area contributed by atoms with Gasteiger partial charge in [0, 0.05) is 19.8 Å². The van der Waals surface area contributed by atoms with Gasteiger partial charge in [-0.2, -0.15) is 0 Å². The predicted molar refractivity (Wildman–Crippen MR) is 79.7 cm³/mol. The summed E-state index contributed by atoms with van der Waals surface area (Å²) in [4.78, 5) is 16.5. The first-order valence-electron chi connectivity index (χ1n) is 7.12. The molecule has 2 N–H and O–H groups in total. The molecule has 0 bridgehead atoms. The summed E-state index contributed by atoms with van der Waals surface area (Å²) in [5.41, 5.74) is 1.11. The Hall–Kier alpha value is -1.92. The summed E-state index contributed by atoms with van der Waals surface area (Å²) in [5, 5.41) is 5.79. The second kappa shape index (κ2) is 7.19. The number of hydrogen-bond donors (Lipinski definition) is 2. The van der Waals surface area contributed by atoms with Crippen LogP contribution in [0.3, 0.4) is 0 Å². The average Bonchev–Trinajstić information content (AvgIpc) is 2.50. The van der Waals surface area contributed by atoms with Crippen LogP contribution in [0.4, 0.5) is 0 Å². The molecular weight excluding hydrogens is 270 g/mol. The zero-order chi connectivity index (χ0) is 15.1. The number of carbonyl (C=O) groups excluding carboxylic acids is 1. The van der Waals surface area contributed by atoms with Crippen molar-refractivity contribution < 1.29 is 14.3 Å². The Morgan fingerprint density at radius 1 is 1.24 bits per heavy atom. The molecule has 1 heterocycles. The van der Waals surface area contributed by atoms with Gasteiger partial charge in [-0.05, 0) is 19.4 Å². The Morgan fingerprint density at radius 3 is 2.48 bits per heavy atom. The lowest BCUT2D eigenvalue weighted by Crippen LogP contribution is -2.60. The third-order valence-corrected chi connectivity index (χ3v) is 3.08. The van der Waals surface area contributed by atoms with Crippen LogP contribution >= 0.6 is 0 Å². The normalized spacial score (nSPS) is 17.0. The average molecular weight is 291 g/mol. The molecule has 114 valence electrons. The van der Waals surface area contributed by atoms with E-state index in [9.17, 15) is 4.79 Å². The van der Waals surface area contributed by atoms with Crippen LogP contribution < -0.4 is 10.6 Å². The van der Waals surface area contributed by atoms with Gasteiger partial charge in [0.25, 0.3) is 11.7 Å². The van der Waals surface area contributed by atoms with Gasteiger partial charge in [-0.3, -0.25) is 10.1 Å². The van der Waals surface area contributed by atoms with Crippen LogP contribution in [0.25, 0.3) is 0 Å². The lowest BCUT2D eigenvalue weighted by molar-refractivity contribution is -0.222. The molecule has 0 unspecified atom stereocenters. The van der Waals surface area contributed by atoms with Crippen LogP contribution in [0.15, 0.2) is 35.3 Å². The summed E-state index contributed by atoms with van der Waals surface area (Å²) in [6, 6.07) is 9.90. The van der Waals surface area contributed by atoms with E-state index in [4.69, 9.17) is 9.47 Å². The maximum atomic E-state index is 12.2. The highest BCUT2D eigenvalue weighted by atomic mass is 16.7. The number of rotatable bonds is 6. The van der Waals surface area contributed by atoms with E-state index >= 15 is 0 Å². The van der Waals surface area contributed by atoms with Gasteiger partial charge < -0.3 is 14.8 Å². The van der Waals surface area contributed by atoms with E-state index in [1.807, 2.05) is 44.2 Å². The van der Waals surface area contributed by atoms with Crippen LogP contribution in [-0.4, -0.2) is 37.4 Å². The van der Waals surface area contributed by atoms with Crippen LogP contribution in [0.2, 0.25) is 0 Å². The van der Waals surface area contributed by atoms with Crippen molar-refractivity contribution in [1.29, 1.82) is 0 Å². The number of carbonyl (C=O) groups is 1. The van der Waals surface area contributed by atoms with Crippen molar-refractivity contribution in [3.05, 3.63) is 35.9 Å². The molecule has 0 aromatic heterocycles. The fourth-order valence-electron chi connectivity index (χ4n) is 2.11. The zero-order valence-corrected chi connectivity index (χ0v) is 12.4. The van der Waals surface area contributed by atoms with E-state index in [2.05, 4.69) is 15.6 Å². The number of aliphatic imine (C=N–C) groups is 1. The summed E-state index contributed by atoms with van der Waals surface area (Å²) in [6.45, 7) is 5.15. The maximum absolute atomic E-state index is 12.2. The Bertz CT molecular complexity index is 496. The molecule has 1 aromatic carbocycles. The number of nitrogens with zero attached hydrogens (tertiary/aromatic N) is 1. The zero-order valence-electron chi connectivity index (χ0n) is 12.4. The summed E-state index contributed by atoms with van der Waals surface area (Å²) in [6.07, 6.45) is 0. The molecule has 2 rings (SSSR count). The Balaban J connectivity index is 1.98. The van der Waals surface area contributed by atoms with Crippen molar-refractivity contribution in [2.24, 2.45) is 4.99 Å². The number of benzene rings is 1. The predicted octanol–water partition coefficient (Wildman–Crippen LogP) is 1.03. The molecule has 0 aliphatic carbocycles. The first-order chi connectivity index (χ1) is 10.2. The van der Waals surface area contributed by atoms with E-state index < -0.39 is 5.79 Å². The van der Waals surface area contributed by atoms with E-state index in [-0.39, 0.29) is 12.5 Å². The summed E-state index contributed by atoms with van der Waals surface area (Å²) < 4.78 is 10.9. The fraction of sp³-hybridized carbons (Fsp3) is 0.467. The summed E-state index contributed by atoms with van der Waals surface area (Å²) in [5.74, 6) is -1.18. The van der Waals surface area contributed by atoms with Gasteiger partial charge in [-0.15, -0.1) is 0 Å². The molecule has 6 nitrogen and oxygen atoms in total. The highest BCUT2D eigenvalue weighted by Gasteiger charge is 2.43. The van der Waals surface area contributed by atoms with Gasteiger partial charge >= 0.3 is 0 Å². The van der Waals surface area contributed by atoms with E-state index in [0.717, 1.165) is 5.56 Å². The van der Waals surface area contributed by atoms with Crippen molar-refractivity contribution in [3.63, 3.8) is 0 Å². The third-order valence-electron chi connectivity index (χ3n) is 3.08. The van der Waals surface area contributed by atoms with Gasteiger partial charge in [-0.1, -0.05) is 30.3 Å². The highest BCUT2D eigenvalue weighted by molar-refractivity contribution is 6.02. The minimum Gasteiger partial charge on any atom is -0.352 e. The molecule has 1 aliphatic rings. The van der Waals surface area contributed by atoms with Crippen LogP contribution in [-0.2, 0) is 20.8 Å². The van der Waals surface area contributed by atoms with Crippen LogP contribution in [0.5, 0.6) is 0 Å². The molecule has 0 saturated heterocycles. The number of amides is 1. The maximum Gasteiger partial charge on any atom is 0.289 e. The highest BCUT2D eigenvalue weighted by Crippen LogP contribution is 2.17. The Morgan fingerprint density at radius 2 is 1.90 bits per heavy atom. The van der Waals surface area contributed by atoms with E-state index in [0.29, 0.717) is 25.7 Å². The molecule has 0 fully saturated rings. The second-order valence-electron chi connectivity index (χ2n) is 4.58. The lowest BCUT2D eigenvalue weighted by Gasteiger charge is -2.33. The smallest absolute Gasteiger partial charge is 0.289 e. The van der Waals surface area contributed by atoms with Crippen LogP contribution in [0, 0.1) is 0 Å². The number of ether oxygens (including phenoxy) is 2. The molecule has 0 atom stereocenters. The largest absolute Gasteiger partial charge is 0.352 e. The second-order valence-corrected chi connectivity index (χ2v) is 4.58. The first kappa shape index (κ1) is 15.5. The van der Waals surface area contributed by atoms with Crippen molar-refractivity contribution in [3.8, 4) is 0 Å². The fourth-order valence-corrected chi connectivity index (χ4v) is 2.11. The molecule has 0 saturated carbocycles. The molecule has 6 heteroatoms. The molecule has 0 radical (unpaired) electrons. The van der Waals surface area contributed by atoms with Crippen molar-refractivity contribution >= 4 is 11.9 Å². The summed E-state index contributed by atoms with van der Waals surface area (Å²) in [7, 11) is 0. The molecular formula is C15H21N3O3. The number of guanidine groups is 1. The van der Waals surface area contributed by atoms with Gasteiger partial charge in [0.05, 0.1) is 0 Å². The van der Waals surface area contributed by atoms with E-state index in [1.54, 1.807) is 0 Å². The molecule has 1 aliphatic heterocycles. The topological polar surface area (TPSA) is 72.0 Å².